The second-order valence-corrected chi connectivity index (χ2v) is 20.8. The van der Waals surface area contributed by atoms with E-state index in [-0.39, 0.29) is 38.0 Å². The monoisotopic (exact) mass is 856 g/mol. The molecule has 3 nitrogen and oxygen atoms in total. The predicted molar refractivity (Wildman–Crippen MR) is 135 cm³/mol. The molecule has 234 valence electrons. The molecule has 0 saturated carbocycles. The van der Waals surface area contributed by atoms with Crippen LogP contribution < -0.4 is 0 Å². The Morgan fingerprint density at radius 1 is 0.667 bits per heavy atom. The third-order valence-electron chi connectivity index (χ3n) is 5.67. The van der Waals surface area contributed by atoms with Gasteiger partial charge in [-0.3, -0.25) is 0 Å². The average molecular weight is 855 g/mol. The minimum atomic E-state index is -6.35. The van der Waals surface area contributed by atoms with Gasteiger partial charge in [0.25, 0.3) is 0 Å². The number of hydrogen-bond donors (Lipinski definition) is 0. The molecule has 0 N–H and O–H groups in total. The molecule has 2 radical (unpaired) electrons. The van der Waals surface area contributed by atoms with Gasteiger partial charge in [0.15, 0.2) is 0 Å². The van der Waals surface area contributed by atoms with E-state index in [1.54, 1.807) is 13.8 Å². The van der Waals surface area contributed by atoms with Crippen LogP contribution in [0.2, 0.25) is 0 Å². The van der Waals surface area contributed by atoms with Crippen molar-refractivity contribution in [2.45, 2.75) is 95.2 Å². The summed E-state index contributed by atoms with van der Waals surface area (Å²) in [6.07, 6.45) is -27.8. The predicted octanol–water partition coefficient (Wildman–Crippen LogP) is 9.88. The molecule has 0 aliphatic heterocycles. The summed E-state index contributed by atoms with van der Waals surface area (Å²) in [4.78, 5) is -4.28. The molecule has 0 aliphatic carbocycles. The van der Waals surface area contributed by atoms with Gasteiger partial charge in [0.1, 0.15) is 0 Å². The fourth-order valence-corrected chi connectivity index (χ4v) is 14.3. The van der Waals surface area contributed by atoms with Gasteiger partial charge in [0.05, 0.1) is 0 Å². The maximum atomic E-state index is 14.0. The van der Waals surface area contributed by atoms with Crippen LogP contribution in [0, 0.1) is 0 Å². The van der Waals surface area contributed by atoms with Crippen LogP contribution in [0.3, 0.4) is 0 Å². The number of unbranched alkanes of at least 4 members (excludes halogenated alkanes) is 3. The molecule has 19 heteroatoms. The molecule has 0 amide bonds. The second-order valence-electron chi connectivity index (χ2n) is 8.94. The van der Waals surface area contributed by atoms with Crippen molar-refractivity contribution in [3.63, 3.8) is 0 Å². The van der Waals surface area contributed by atoms with Crippen LogP contribution >= 0.6 is 34.7 Å². The molecule has 0 bridgehead atoms. The Labute approximate surface area is 245 Å². The van der Waals surface area contributed by atoms with Crippen LogP contribution in [0.5, 0.6) is 0 Å². The quantitative estimate of drug-likeness (QED) is 0.0633. The summed E-state index contributed by atoms with van der Waals surface area (Å²) in [6, 6.07) is 0. The minimum absolute atomic E-state index is 0.0144. The Bertz CT molecular complexity index is 739. The first-order valence-corrected chi connectivity index (χ1v) is 20.9. The van der Waals surface area contributed by atoms with Gasteiger partial charge in [-0.15, -0.1) is 0 Å². The standard InChI is InChI=1S/C12H20F6OP.C8H11F6IO2P.Sn/c1-3-5-7-20(8-6-4-2)9-10(19,11(13,14)15)12(16,17)18;1-2-3-4-18(15,17)5-6(16,7(9,10)11)8(12,13)14;/h3-9H2,1-2H3;2-5H2,1H3;/q2*-1;+2. The fraction of sp³-hybridized carbons (Fsp3) is 1.00. The molecule has 0 aromatic rings. The first-order chi connectivity index (χ1) is 17.5. The number of hydrogen-bond acceptors (Lipinski definition) is 3. The second kappa shape index (κ2) is 15.8. The SMILES string of the molecule is CCCCP(CCCC)CC([O][Sn][O]C(CP(=O)(I)CCCC)(C(F)(F)F)C(F)(F)F)(C(F)(F)F)C(F)(F)F. The average Bonchev–Trinajstić information content (AvgIpc) is 2.74. The fourth-order valence-electron chi connectivity index (χ4n) is 3.29. The molecule has 0 heterocycles. The van der Waals surface area contributed by atoms with Gasteiger partial charge in [0, 0.05) is 0 Å². The van der Waals surface area contributed by atoms with E-state index in [1.165, 1.54) is 6.92 Å². The van der Waals surface area contributed by atoms with Gasteiger partial charge in [-0.25, -0.2) is 0 Å². The number of alkyl halides is 12. The topological polar surface area (TPSA) is 35.5 Å². The zero-order chi connectivity index (χ0) is 31.0. The molecule has 39 heavy (non-hydrogen) atoms. The zero-order valence-corrected chi connectivity index (χ0v) is 28.1. The Hall–Kier alpha value is 1.27. The number of rotatable bonds is 17. The summed E-state index contributed by atoms with van der Waals surface area (Å²) < 4.78 is 188. The van der Waals surface area contributed by atoms with Crippen LogP contribution in [0.4, 0.5) is 52.7 Å². The molecule has 1 unspecified atom stereocenters. The van der Waals surface area contributed by atoms with E-state index in [1.807, 2.05) is 0 Å². The molecular weight excluding hydrogens is 824 g/mol. The third kappa shape index (κ3) is 11.4. The summed E-state index contributed by atoms with van der Waals surface area (Å²) in [5.41, 5.74) is -10.2. The molecule has 0 rings (SSSR count). The summed E-state index contributed by atoms with van der Waals surface area (Å²) in [5, 5.41) is 0. The molecular formula is C20H31F12IO3P2Sn. The van der Waals surface area contributed by atoms with Crippen molar-refractivity contribution in [2.75, 3.05) is 30.8 Å². The van der Waals surface area contributed by atoms with Crippen molar-refractivity contribution < 1.29 is 63.4 Å². The Balaban J connectivity index is 6.57. The van der Waals surface area contributed by atoms with Gasteiger partial charge in [-0.2, -0.15) is 0 Å². The Kier molecular flexibility index (Phi) is 16.3. The van der Waals surface area contributed by atoms with Gasteiger partial charge in [0.2, 0.25) is 0 Å². The third-order valence-corrected chi connectivity index (χ3v) is 15.3. The van der Waals surface area contributed by atoms with Crippen molar-refractivity contribution in [3.05, 3.63) is 0 Å². The first-order valence-electron chi connectivity index (χ1n) is 11.8. The molecule has 0 fully saturated rings. The normalized spacial score (nSPS) is 16.1. The molecule has 0 saturated heterocycles. The van der Waals surface area contributed by atoms with Crippen molar-refractivity contribution in [3.8, 4) is 0 Å². The van der Waals surface area contributed by atoms with Crippen LogP contribution in [0.1, 0.15) is 59.3 Å². The van der Waals surface area contributed by atoms with Gasteiger partial charge >= 0.3 is 246 Å². The van der Waals surface area contributed by atoms with E-state index in [9.17, 15) is 57.3 Å². The van der Waals surface area contributed by atoms with Crippen LogP contribution in [0.15, 0.2) is 0 Å². The van der Waals surface area contributed by atoms with E-state index >= 15 is 0 Å². The molecule has 0 aromatic carbocycles. The zero-order valence-electron chi connectivity index (χ0n) is 21.3. The van der Waals surface area contributed by atoms with Crippen LogP contribution in [0.25, 0.3) is 0 Å². The van der Waals surface area contributed by atoms with Crippen LogP contribution in [-0.4, -0.2) is 88.7 Å². The van der Waals surface area contributed by atoms with Crippen molar-refractivity contribution in [2.24, 2.45) is 0 Å². The summed E-state index contributed by atoms with van der Waals surface area (Å²) >= 11 is -3.71. The molecule has 1 atom stereocenters. The Morgan fingerprint density at radius 2 is 1.03 bits per heavy atom. The summed E-state index contributed by atoms with van der Waals surface area (Å²) in [6.45, 7) is 4.85. The van der Waals surface area contributed by atoms with Gasteiger partial charge < -0.3 is 0 Å². The number of halogens is 13. The van der Waals surface area contributed by atoms with Crippen LogP contribution in [-0.2, 0) is 10.7 Å². The van der Waals surface area contributed by atoms with Crippen molar-refractivity contribution in [1.82, 2.24) is 0 Å². The summed E-state index contributed by atoms with van der Waals surface area (Å²) in [7, 11) is -1.99. The summed E-state index contributed by atoms with van der Waals surface area (Å²) in [5.74, 6) is 0. The maximum absolute atomic E-state index is 14.0. The molecule has 0 aliphatic rings. The first kappa shape index (κ1) is 40.3. The van der Waals surface area contributed by atoms with E-state index in [2.05, 4.69) is 6.15 Å². The van der Waals surface area contributed by atoms with Crippen molar-refractivity contribution in [1.29, 1.82) is 0 Å². The molecule has 0 spiro atoms. The van der Waals surface area contributed by atoms with E-state index in [0.29, 0.717) is 12.8 Å². The van der Waals surface area contributed by atoms with Gasteiger partial charge in [-0.1, -0.05) is 0 Å². The Morgan fingerprint density at radius 3 is 1.36 bits per heavy atom. The molecule has 0 aromatic heterocycles. The van der Waals surface area contributed by atoms with E-state index < -0.39 is 89.1 Å². The van der Waals surface area contributed by atoms with Crippen molar-refractivity contribution >= 4 is 56.7 Å². The van der Waals surface area contributed by atoms with E-state index in [0.717, 1.165) is 22.0 Å². The van der Waals surface area contributed by atoms with E-state index in [4.69, 9.17) is 0 Å². The van der Waals surface area contributed by atoms with Gasteiger partial charge in [-0.05, 0) is 0 Å².